The largest absolute Gasteiger partial charge is 0.416 e. The fraction of sp³-hybridized carbons (Fsp3) is 0.316. The summed E-state index contributed by atoms with van der Waals surface area (Å²) in [6.07, 6.45) is 2.27. The molecule has 2 amide bonds. The topological polar surface area (TPSA) is 71.1 Å². The molecule has 142 valence electrons. The van der Waals surface area contributed by atoms with Gasteiger partial charge in [0.15, 0.2) is 0 Å². The second-order valence-corrected chi connectivity index (χ2v) is 6.45. The van der Waals surface area contributed by atoms with Crippen molar-refractivity contribution >= 4 is 17.5 Å². The van der Waals surface area contributed by atoms with Gasteiger partial charge in [0.05, 0.1) is 16.7 Å². The van der Waals surface area contributed by atoms with Crippen LogP contribution in [-0.4, -0.2) is 22.8 Å². The first kappa shape index (κ1) is 18.9. The third-order valence-corrected chi connectivity index (χ3v) is 4.42. The van der Waals surface area contributed by atoms with Crippen LogP contribution in [0.1, 0.15) is 52.0 Å². The summed E-state index contributed by atoms with van der Waals surface area (Å²) in [7, 11) is 0. The van der Waals surface area contributed by atoms with E-state index in [1.807, 2.05) is 0 Å². The van der Waals surface area contributed by atoms with E-state index < -0.39 is 17.6 Å². The fourth-order valence-electron chi connectivity index (χ4n) is 2.97. The minimum atomic E-state index is -4.44. The van der Waals surface area contributed by atoms with Crippen LogP contribution in [0.3, 0.4) is 0 Å². The Hall–Kier alpha value is -2.90. The summed E-state index contributed by atoms with van der Waals surface area (Å²) < 4.78 is 37.7. The van der Waals surface area contributed by atoms with E-state index in [-0.39, 0.29) is 28.8 Å². The maximum atomic E-state index is 12.6. The van der Waals surface area contributed by atoms with Crippen molar-refractivity contribution in [2.75, 3.05) is 5.32 Å². The van der Waals surface area contributed by atoms with Gasteiger partial charge in [0.2, 0.25) is 0 Å². The van der Waals surface area contributed by atoms with Crippen LogP contribution in [0.25, 0.3) is 0 Å². The van der Waals surface area contributed by atoms with E-state index in [2.05, 4.69) is 15.6 Å². The normalized spacial score (nSPS) is 14.8. The van der Waals surface area contributed by atoms with Crippen LogP contribution in [0, 0.1) is 0 Å². The Labute approximate surface area is 154 Å². The van der Waals surface area contributed by atoms with Gasteiger partial charge in [0.25, 0.3) is 11.8 Å². The van der Waals surface area contributed by atoms with Crippen LogP contribution < -0.4 is 10.6 Å². The first-order valence-corrected chi connectivity index (χ1v) is 8.57. The quantitative estimate of drug-likeness (QED) is 0.845. The molecule has 1 aromatic carbocycles. The van der Waals surface area contributed by atoms with Crippen molar-refractivity contribution in [2.45, 2.75) is 37.9 Å². The minimum Gasteiger partial charge on any atom is -0.349 e. The Kier molecular flexibility index (Phi) is 5.43. The highest BCUT2D eigenvalue weighted by Crippen LogP contribution is 2.29. The monoisotopic (exact) mass is 377 g/mol. The average molecular weight is 377 g/mol. The lowest BCUT2D eigenvalue weighted by Crippen LogP contribution is -2.32. The number of hydrogen-bond donors (Lipinski definition) is 2. The van der Waals surface area contributed by atoms with Crippen molar-refractivity contribution in [1.29, 1.82) is 0 Å². The highest BCUT2D eigenvalue weighted by Gasteiger charge is 2.30. The van der Waals surface area contributed by atoms with E-state index >= 15 is 0 Å². The molecular formula is C19H18F3N3O2. The molecule has 0 bridgehead atoms. The lowest BCUT2D eigenvalue weighted by Gasteiger charge is -2.12. The number of aromatic nitrogens is 1. The van der Waals surface area contributed by atoms with Gasteiger partial charge < -0.3 is 10.6 Å². The second-order valence-electron chi connectivity index (χ2n) is 6.45. The van der Waals surface area contributed by atoms with Crippen LogP contribution in [0.4, 0.5) is 18.9 Å². The molecule has 2 aromatic rings. The predicted octanol–water partition coefficient (Wildman–Crippen LogP) is 4.03. The third kappa shape index (κ3) is 4.84. The Morgan fingerprint density at radius 3 is 2.15 bits per heavy atom. The zero-order chi connectivity index (χ0) is 19.4. The van der Waals surface area contributed by atoms with E-state index in [9.17, 15) is 22.8 Å². The van der Waals surface area contributed by atoms with Crippen LogP contribution in [-0.2, 0) is 6.18 Å². The second kappa shape index (κ2) is 7.77. The van der Waals surface area contributed by atoms with Gasteiger partial charge in [-0.25, -0.2) is 0 Å². The molecule has 1 aliphatic rings. The molecule has 27 heavy (non-hydrogen) atoms. The highest BCUT2D eigenvalue weighted by molar-refractivity contribution is 6.05. The zero-order valence-electron chi connectivity index (χ0n) is 14.3. The summed E-state index contributed by atoms with van der Waals surface area (Å²) in [6.45, 7) is 0. The summed E-state index contributed by atoms with van der Waals surface area (Å²) in [5.74, 6) is -0.851. The molecule has 1 aliphatic carbocycles. The lowest BCUT2D eigenvalue weighted by atomic mass is 10.1. The summed E-state index contributed by atoms with van der Waals surface area (Å²) in [5.41, 5.74) is -0.169. The molecule has 1 fully saturated rings. The van der Waals surface area contributed by atoms with Gasteiger partial charge in [-0.05, 0) is 43.2 Å². The lowest BCUT2D eigenvalue weighted by molar-refractivity contribution is -0.137. The van der Waals surface area contributed by atoms with Gasteiger partial charge in [-0.15, -0.1) is 0 Å². The maximum absolute atomic E-state index is 12.6. The Balaban J connectivity index is 1.67. The molecule has 3 rings (SSSR count). The molecule has 1 saturated carbocycles. The Bertz CT molecular complexity index is 829. The number of benzene rings is 1. The number of nitrogens with zero attached hydrogens (tertiary/aromatic N) is 1. The summed E-state index contributed by atoms with van der Waals surface area (Å²) in [4.78, 5) is 28.5. The van der Waals surface area contributed by atoms with E-state index in [1.54, 1.807) is 0 Å². The Morgan fingerprint density at radius 2 is 1.56 bits per heavy atom. The van der Waals surface area contributed by atoms with Crippen molar-refractivity contribution in [3.05, 3.63) is 59.4 Å². The molecule has 2 N–H and O–H groups in total. The number of alkyl halides is 3. The summed E-state index contributed by atoms with van der Waals surface area (Å²) >= 11 is 0. The van der Waals surface area contributed by atoms with Gasteiger partial charge in [0, 0.05) is 24.1 Å². The molecule has 8 heteroatoms. The highest BCUT2D eigenvalue weighted by atomic mass is 19.4. The number of carbonyl (C=O) groups is 2. The number of rotatable bonds is 4. The number of amides is 2. The van der Waals surface area contributed by atoms with Gasteiger partial charge in [-0.3, -0.25) is 14.6 Å². The van der Waals surface area contributed by atoms with Crippen molar-refractivity contribution in [3.8, 4) is 0 Å². The maximum Gasteiger partial charge on any atom is 0.416 e. The molecular weight excluding hydrogens is 359 g/mol. The molecule has 0 spiro atoms. The van der Waals surface area contributed by atoms with Gasteiger partial charge in [-0.1, -0.05) is 12.8 Å². The summed E-state index contributed by atoms with van der Waals surface area (Å²) in [6, 6.07) is 5.67. The van der Waals surface area contributed by atoms with Gasteiger partial charge >= 0.3 is 6.18 Å². The van der Waals surface area contributed by atoms with Gasteiger partial charge in [-0.2, -0.15) is 13.2 Å². The SMILES string of the molecule is O=C(Nc1ccc(C(F)(F)F)cc1)c1cncc(C(=O)NC2CCCC2)c1. The van der Waals surface area contributed by atoms with E-state index in [0.29, 0.717) is 0 Å². The molecule has 0 saturated heterocycles. The zero-order valence-corrected chi connectivity index (χ0v) is 14.3. The van der Waals surface area contributed by atoms with Crippen LogP contribution in [0.2, 0.25) is 0 Å². The van der Waals surface area contributed by atoms with Gasteiger partial charge in [0.1, 0.15) is 0 Å². The van der Waals surface area contributed by atoms with Crippen LogP contribution >= 0.6 is 0 Å². The van der Waals surface area contributed by atoms with E-state index in [0.717, 1.165) is 37.8 Å². The molecule has 1 heterocycles. The van der Waals surface area contributed by atoms with Crippen molar-refractivity contribution < 1.29 is 22.8 Å². The summed E-state index contributed by atoms with van der Waals surface area (Å²) in [5, 5.41) is 5.41. The molecule has 0 unspecified atom stereocenters. The molecule has 5 nitrogen and oxygen atoms in total. The first-order valence-electron chi connectivity index (χ1n) is 8.57. The molecule has 0 radical (unpaired) electrons. The van der Waals surface area contributed by atoms with Crippen molar-refractivity contribution in [2.24, 2.45) is 0 Å². The third-order valence-electron chi connectivity index (χ3n) is 4.42. The van der Waals surface area contributed by atoms with Crippen molar-refractivity contribution in [1.82, 2.24) is 10.3 Å². The number of pyridine rings is 1. The van der Waals surface area contributed by atoms with Crippen LogP contribution in [0.5, 0.6) is 0 Å². The molecule has 0 atom stereocenters. The number of carbonyl (C=O) groups excluding carboxylic acids is 2. The first-order chi connectivity index (χ1) is 12.8. The van der Waals surface area contributed by atoms with Crippen molar-refractivity contribution in [3.63, 3.8) is 0 Å². The number of hydrogen-bond acceptors (Lipinski definition) is 3. The smallest absolute Gasteiger partial charge is 0.349 e. The Morgan fingerprint density at radius 1 is 0.963 bits per heavy atom. The predicted molar refractivity (Wildman–Crippen MR) is 93.4 cm³/mol. The standard InChI is InChI=1S/C19H18F3N3O2/c20-19(21,22)14-5-7-16(8-6-14)25-18(27)13-9-12(10-23-11-13)17(26)24-15-3-1-2-4-15/h5-11,15H,1-4H2,(H,24,26)(H,25,27). The van der Waals surface area contributed by atoms with E-state index in [1.165, 1.54) is 30.6 Å². The fourth-order valence-corrected chi connectivity index (χ4v) is 2.97. The molecule has 1 aromatic heterocycles. The van der Waals surface area contributed by atoms with Crippen LogP contribution in [0.15, 0.2) is 42.7 Å². The number of nitrogens with one attached hydrogen (secondary N) is 2. The minimum absolute atomic E-state index is 0.141. The number of anilines is 1. The average Bonchev–Trinajstić information content (AvgIpc) is 3.14. The molecule has 0 aliphatic heterocycles. The number of halogens is 3. The van der Waals surface area contributed by atoms with E-state index in [4.69, 9.17) is 0 Å².